The molecule has 0 fully saturated rings. The highest BCUT2D eigenvalue weighted by molar-refractivity contribution is 5.96. The van der Waals surface area contributed by atoms with Gasteiger partial charge in [-0.2, -0.15) is 4.57 Å². The number of benzene rings is 2. The highest BCUT2D eigenvalue weighted by atomic mass is 16.1. The van der Waals surface area contributed by atoms with Crippen molar-refractivity contribution < 1.29 is 9.36 Å². The lowest BCUT2D eigenvalue weighted by molar-refractivity contribution is -0.567. The lowest BCUT2D eigenvalue weighted by atomic mass is 10.1. The highest BCUT2D eigenvalue weighted by Gasteiger charge is 2.15. The Bertz CT molecular complexity index is 922. The van der Waals surface area contributed by atoms with Crippen LogP contribution in [0.4, 0.5) is 0 Å². The second kappa shape index (κ2) is 9.54. The summed E-state index contributed by atoms with van der Waals surface area (Å²) in [6.45, 7) is 7.19. The molecular formula is C24H32N3O+. The van der Waals surface area contributed by atoms with Crippen LogP contribution in [-0.4, -0.2) is 17.4 Å². The molecular weight excluding hydrogens is 346 g/mol. The average Bonchev–Trinajstić information content (AvgIpc) is 3.09. The maximum atomic E-state index is 12.5. The minimum Gasteiger partial charge on any atom is -0.352 e. The van der Waals surface area contributed by atoms with E-state index in [1.807, 2.05) is 24.5 Å². The van der Waals surface area contributed by atoms with Gasteiger partial charge in [-0.3, -0.25) is 4.79 Å². The van der Waals surface area contributed by atoms with Crippen LogP contribution in [0.2, 0.25) is 0 Å². The van der Waals surface area contributed by atoms with Crippen molar-refractivity contribution in [1.29, 1.82) is 0 Å². The molecule has 1 heterocycles. The fraction of sp³-hybridized carbons (Fsp3) is 0.417. The standard InChI is InChI=1S/C24H31N3O/c1-4-5-6-7-8-9-12-25-24(28)20-10-11-23-22(16-20)26-17-27(23)21-14-18(2)13-19(3)15-21/h10-11,13-17H,4-9,12H2,1-3H3,(H,25,28)/p+1. The van der Waals surface area contributed by atoms with Gasteiger partial charge in [0.1, 0.15) is 5.69 Å². The molecule has 4 heteroatoms. The van der Waals surface area contributed by atoms with Crippen molar-refractivity contribution in [2.45, 2.75) is 59.3 Å². The molecule has 0 aliphatic rings. The van der Waals surface area contributed by atoms with Gasteiger partial charge < -0.3 is 5.32 Å². The predicted molar refractivity (Wildman–Crippen MR) is 115 cm³/mol. The first-order valence-corrected chi connectivity index (χ1v) is 10.5. The van der Waals surface area contributed by atoms with Crippen molar-refractivity contribution in [2.24, 2.45) is 0 Å². The van der Waals surface area contributed by atoms with Gasteiger partial charge in [-0.05, 0) is 55.7 Å². The van der Waals surface area contributed by atoms with Gasteiger partial charge in [0.2, 0.25) is 6.33 Å². The first-order chi connectivity index (χ1) is 13.6. The largest absolute Gasteiger partial charge is 0.352 e. The fourth-order valence-corrected chi connectivity index (χ4v) is 3.72. The zero-order chi connectivity index (χ0) is 19.9. The summed E-state index contributed by atoms with van der Waals surface area (Å²) in [4.78, 5) is 15.8. The summed E-state index contributed by atoms with van der Waals surface area (Å²) in [5, 5.41) is 3.05. The normalized spacial score (nSPS) is 11.1. The van der Waals surface area contributed by atoms with E-state index in [1.165, 1.54) is 43.2 Å². The number of nitrogens with zero attached hydrogens (tertiary/aromatic N) is 1. The van der Waals surface area contributed by atoms with Gasteiger partial charge in [-0.1, -0.05) is 45.1 Å². The van der Waals surface area contributed by atoms with Gasteiger partial charge in [0.15, 0.2) is 11.0 Å². The Morgan fingerprint density at radius 1 is 0.964 bits per heavy atom. The number of unbranched alkanes of at least 4 members (excludes halogenated alkanes) is 5. The zero-order valence-electron chi connectivity index (χ0n) is 17.3. The van der Waals surface area contributed by atoms with Crippen LogP contribution in [0, 0.1) is 13.8 Å². The number of hydrogen-bond acceptors (Lipinski definition) is 1. The molecule has 0 unspecified atom stereocenters. The van der Waals surface area contributed by atoms with Crippen molar-refractivity contribution in [1.82, 2.24) is 10.3 Å². The number of aromatic nitrogens is 2. The van der Waals surface area contributed by atoms with Crippen LogP contribution in [0.25, 0.3) is 16.7 Å². The summed E-state index contributed by atoms with van der Waals surface area (Å²) in [6.07, 6.45) is 9.33. The summed E-state index contributed by atoms with van der Waals surface area (Å²) in [5.74, 6) is 0.00279. The number of amides is 1. The number of rotatable bonds is 9. The van der Waals surface area contributed by atoms with Crippen LogP contribution in [-0.2, 0) is 0 Å². The SMILES string of the molecule is CCCCCCCCNC(=O)c1ccc2c(c1)[nH]c[n+]2-c1cc(C)cc(C)c1. The molecule has 0 saturated heterocycles. The van der Waals surface area contributed by atoms with Gasteiger partial charge in [-0.25, -0.2) is 4.98 Å². The number of aromatic amines is 1. The smallest absolute Gasteiger partial charge is 0.251 e. The van der Waals surface area contributed by atoms with E-state index in [2.05, 4.69) is 53.8 Å². The number of imidazole rings is 1. The van der Waals surface area contributed by atoms with Gasteiger partial charge in [0.05, 0.1) is 0 Å². The van der Waals surface area contributed by atoms with E-state index in [-0.39, 0.29) is 5.91 Å². The first kappa shape index (κ1) is 20.1. The minimum atomic E-state index is 0.00279. The van der Waals surface area contributed by atoms with E-state index in [9.17, 15) is 4.79 Å². The predicted octanol–water partition coefficient (Wildman–Crippen LogP) is 5.15. The molecule has 0 aliphatic carbocycles. The van der Waals surface area contributed by atoms with E-state index < -0.39 is 0 Å². The lowest BCUT2D eigenvalue weighted by Gasteiger charge is -2.05. The van der Waals surface area contributed by atoms with Crippen LogP contribution in [0.15, 0.2) is 42.7 Å². The van der Waals surface area contributed by atoms with Crippen LogP contribution < -0.4 is 9.88 Å². The summed E-state index contributed by atoms with van der Waals surface area (Å²) in [6, 6.07) is 12.4. The van der Waals surface area contributed by atoms with E-state index in [0.717, 1.165) is 29.7 Å². The summed E-state index contributed by atoms with van der Waals surface area (Å²) >= 11 is 0. The van der Waals surface area contributed by atoms with Gasteiger partial charge in [-0.15, -0.1) is 0 Å². The second-order valence-corrected chi connectivity index (χ2v) is 7.74. The van der Waals surface area contributed by atoms with Crippen LogP contribution in [0.5, 0.6) is 0 Å². The molecule has 0 spiro atoms. The van der Waals surface area contributed by atoms with Gasteiger partial charge in [0, 0.05) is 18.2 Å². The molecule has 1 amide bonds. The Morgan fingerprint density at radius 2 is 1.68 bits per heavy atom. The van der Waals surface area contributed by atoms with Crippen molar-refractivity contribution in [3.63, 3.8) is 0 Å². The minimum absolute atomic E-state index is 0.00279. The molecule has 1 aromatic heterocycles. The maximum Gasteiger partial charge on any atom is 0.251 e. The highest BCUT2D eigenvalue weighted by Crippen LogP contribution is 2.15. The lowest BCUT2D eigenvalue weighted by Crippen LogP contribution is -2.29. The monoisotopic (exact) mass is 378 g/mol. The Balaban J connectivity index is 1.64. The topological polar surface area (TPSA) is 48.8 Å². The van der Waals surface area contributed by atoms with Crippen molar-refractivity contribution in [3.8, 4) is 5.69 Å². The molecule has 0 atom stereocenters. The second-order valence-electron chi connectivity index (χ2n) is 7.74. The number of fused-ring (bicyclic) bond motifs is 1. The first-order valence-electron chi connectivity index (χ1n) is 10.5. The summed E-state index contributed by atoms with van der Waals surface area (Å²) in [7, 11) is 0. The number of aryl methyl sites for hydroxylation is 2. The van der Waals surface area contributed by atoms with Crippen molar-refractivity contribution in [2.75, 3.05) is 6.54 Å². The molecule has 2 N–H and O–H groups in total. The molecule has 3 rings (SSSR count). The number of nitrogens with one attached hydrogen (secondary N) is 2. The summed E-state index contributed by atoms with van der Waals surface area (Å²) in [5.41, 5.74) is 6.34. The van der Waals surface area contributed by atoms with E-state index in [4.69, 9.17) is 0 Å². The average molecular weight is 379 g/mol. The number of hydrogen-bond donors (Lipinski definition) is 2. The molecule has 148 valence electrons. The van der Waals surface area contributed by atoms with Crippen molar-refractivity contribution in [3.05, 3.63) is 59.4 Å². The third kappa shape index (κ3) is 5.00. The zero-order valence-corrected chi connectivity index (χ0v) is 17.3. The van der Waals surface area contributed by atoms with E-state index in [1.54, 1.807) is 0 Å². The number of carbonyl (C=O) groups excluding carboxylic acids is 1. The number of carbonyl (C=O) groups is 1. The molecule has 0 radical (unpaired) electrons. The Labute approximate surface area is 168 Å². The van der Waals surface area contributed by atoms with Gasteiger partial charge in [0.25, 0.3) is 5.91 Å². The Hall–Kier alpha value is -2.62. The third-order valence-corrected chi connectivity index (χ3v) is 5.17. The summed E-state index contributed by atoms with van der Waals surface area (Å²) < 4.78 is 2.13. The maximum absolute atomic E-state index is 12.5. The van der Waals surface area contributed by atoms with Crippen molar-refractivity contribution >= 4 is 16.9 Å². The van der Waals surface area contributed by atoms with Crippen LogP contribution >= 0.6 is 0 Å². The Kier molecular flexibility index (Phi) is 6.85. The van der Waals surface area contributed by atoms with Crippen LogP contribution in [0.1, 0.15) is 66.9 Å². The van der Waals surface area contributed by atoms with E-state index >= 15 is 0 Å². The molecule has 0 bridgehead atoms. The molecule has 0 aliphatic heterocycles. The molecule has 2 aromatic carbocycles. The quantitative estimate of drug-likeness (QED) is 0.392. The molecule has 3 aromatic rings. The fourth-order valence-electron chi connectivity index (χ4n) is 3.72. The molecule has 28 heavy (non-hydrogen) atoms. The Morgan fingerprint density at radius 3 is 2.43 bits per heavy atom. The van der Waals surface area contributed by atoms with E-state index in [0.29, 0.717) is 5.56 Å². The third-order valence-electron chi connectivity index (χ3n) is 5.17. The molecule has 4 nitrogen and oxygen atoms in total. The van der Waals surface area contributed by atoms with Crippen LogP contribution in [0.3, 0.4) is 0 Å². The number of H-pyrrole nitrogens is 1. The van der Waals surface area contributed by atoms with Gasteiger partial charge >= 0.3 is 0 Å². The molecule has 0 saturated carbocycles.